The molecular formula is C26H33N3O8. The summed E-state index contributed by atoms with van der Waals surface area (Å²) in [5.74, 6) is -2.12. The average Bonchev–Trinajstić information content (AvgIpc) is 3.51. The number of ether oxygens (including phenoxy) is 3. The van der Waals surface area contributed by atoms with Gasteiger partial charge in [-0.2, -0.15) is 5.10 Å². The first-order chi connectivity index (χ1) is 17.9. The number of hydrazone groups is 1. The van der Waals surface area contributed by atoms with Crippen molar-refractivity contribution in [1.82, 2.24) is 10.3 Å². The zero-order valence-electron chi connectivity index (χ0n) is 20.7. The molecule has 1 aromatic carbocycles. The Balaban J connectivity index is 1.26. The van der Waals surface area contributed by atoms with Crippen molar-refractivity contribution in [3.63, 3.8) is 0 Å². The van der Waals surface area contributed by atoms with Crippen LogP contribution in [0.25, 0.3) is 0 Å². The minimum atomic E-state index is -1.17. The molecule has 200 valence electrons. The van der Waals surface area contributed by atoms with Crippen LogP contribution in [0.15, 0.2) is 29.4 Å². The van der Waals surface area contributed by atoms with Crippen molar-refractivity contribution in [1.29, 1.82) is 0 Å². The number of benzene rings is 1. The average molecular weight is 516 g/mol. The van der Waals surface area contributed by atoms with Gasteiger partial charge in [-0.05, 0) is 43.4 Å². The van der Waals surface area contributed by atoms with Crippen molar-refractivity contribution in [3.05, 3.63) is 29.8 Å². The van der Waals surface area contributed by atoms with Gasteiger partial charge < -0.3 is 24.4 Å². The van der Waals surface area contributed by atoms with Crippen LogP contribution in [0.4, 0.5) is 4.79 Å². The van der Waals surface area contributed by atoms with Crippen LogP contribution in [0.2, 0.25) is 0 Å². The molecule has 4 fully saturated rings. The Labute approximate surface area is 214 Å². The maximum Gasteiger partial charge on any atom is 0.428 e. The van der Waals surface area contributed by atoms with E-state index < -0.39 is 36.1 Å². The molecule has 0 aromatic heterocycles. The van der Waals surface area contributed by atoms with Crippen molar-refractivity contribution < 1.29 is 38.8 Å². The lowest BCUT2D eigenvalue weighted by atomic mass is 9.60. The highest BCUT2D eigenvalue weighted by molar-refractivity contribution is 6.06. The van der Waals surface area contributed by atoms with Crippen molar-refractivity contribution in [2.24, 2.45) is 28.8 Å². The van der Waals surface area contributed by atoms with Gasteiger partial charge in [0, 0.05) is 30.6 Å². The van der Waals surface area contributed by atoms with Gasteiger partial charge in [0.1, 0.15) is 12.4 Å². The number of nitrogens with one attached hydrogen (secondary N) is 1. The Morgan fingerprint density at radius 3 is 2.59 bits per heavy atom. The smallest absolute Gasteiger partial charge is 0.428 e. The molecule has 5 rings (SSSR count). The molecule has 2 aliphatic heterocycles. The zero-order valence-corrected chi connectivity index (χ0v) is 20.7. The third-order valence-electron chi connectivity index (χ3n) is 8.10. The number of likely N-dealkylation sites (tertiary alicyclic amines) is 1. The van der Waals surface area contributed by atoms with Crippen LogP contribution in [0.3, 0.4) is 0 Å². The summed E-state index contributed by atoms with van der Waals surface area (Å²) in [6.07, 6.45) is -0.494. The quantitative estimate of drug-likeness (QED) is 0.378. The third kappa shape index (κ3) is 5.07. The van der Waals surface area contributed by atoms with Gasteiger partial charge >= 0.3 is 6.09 Å². The van der Waals surface area contributed by atoms with Crippen molar-refractivity contribution >= 4 is 23.6 Å². The number of rotatable bonds is 6. The number of hydrogen-bond donors (Lipinski definition) is 3. The Kier molecular flexibility index (Phi) is 7.45. The number of amides is 3. The number of hydrogen-bond acceptors (Lipinski definition) is 9. The maximum atomic E-state index is 13.4. The summed E-state index contributed by atoms with van der Waals surface area (Å²) in [7, 11) is 1.57. The van der Waals surface area contributed by atoms with Crippen LogP contribution in [0, 0.1) is 23.7 Å². The van der Waals surface area contributed by atoms with Crippen molar-refractivity contribution in [3.8, 4) is 5.75 Å². The maximum absolute atomic E-state index is 13.4. The molecule has 0 bridgehead atoms. The van der Waals surface area contributed by atoms with Gasteiger partial charge in [0.25, 0.3) is 0 Å². The standard InChI is InChI=1S/C26H33N3O8/c1-35-15-6-4-14(5-7-15)13-37-26(34)28-27-19-11-20(30)23(31)21-17(19)8-9-18-22(21)25(33)29(24(18)32)12-16-3-2-10-36-16/h4-7,16-18,20-23,30-31H,2-3,8-13H2,1H3,(H,28,34)/t16-,17+,18+,20+,21-,22+,23+/m0/s1. The number of nitrogens with zero attached hydrogens (tertiary/aromatic N) is 2. The summed E-state index contributed by atoms with van der Waals surface area (Å²) in [6.45, 7) is 0.886. The number of imide groups is 1. The second-order valence-electron chi connectivity index (χ2n) is 10.2. The molecule has 37 heavy (non-hydrogen) atoms. The molecule has 3 N–H and O–H groups in total. The molecule has 4 aliphatic rings. The Morgan fingerprint density at radius 1 is 1.14 bits per heavy atom. The monoisotopic (exact) mass is 515 g/mol. The molecule has 3 amide bonds. The van der Waals surface area contributed by atoms with Gasteiger partial charge in [0.2, 0.25) is 11.8 Å². The summed E-state index contributed by atoms with van der Waals surface area (Å²) in [4.78, 5) is 40.1. The minimum Gasteiger partial charge on any atom is -0.497 e. The van der Waals surface area contributed by atoms with E-state index in [-0.39, 0.29) is 43.4 Å². The summed E-state index contributed by atoms with van der Waals surface area (Å²) in [6, 6.07) is 7.09. The van der Waals surface area contributed by atoms with E-state index >= 15 is 0 Å². The first kappa shape index (κ1) is 25.6. The lowest BCUT2D eigenvalue weighted by Crippen LogP contribution is -2.55. The number of aliphatic hydroxyl groups excluding tert-OH is 2. The molecule has 2 aliphatic carbocycles. The molecule has 2 heterocycles. The minimum absolute atomic E-state index is 0.0367. The first-order valence-electron chi connectivity index (χ1n) is 12.8. The fourth-order valence-electron chi connectivity index (χ4n) is 6.26. The lowest BCUT2D eigenvalue weighted by Gasteiger charge is -2.45. The number of carbonyl (C=O) groups excluding carboxylic acids is 3. The van der Waals surface area contributed by atoms with Crippen LogP contribution in [0.1, 0.15) is 37.7 Å². The van der Waals surface area contributed by atoms with E-state index in [1.807, 2.05) is 0 Å². The van der Waals surface area contributed by atoms with E-state index in [1.165, 1.54) is 4.90 Å². The highest BCUT2D eigenvalue weighted by atomic mass is 16.6. The summed E-state index contributed by atoms with van der Waals surface area (Å²) in [5.41, 5.74) is 3.64. The van der Waals surface area contributed by atoms with Gasteiger partial charge in [-0.1, -0.05) is 12.1 Å². The van der Waals surface area contributed by atoms with E-state index in [4.69, 9.17) is 14.2 Å². The summed E-state index contributed by atoms with van der Waals surface area (Å²) in [5, 5.41) is 25.7. The normalized spacial score (nSPS) is 34.3. The zero-order chi connectivity index (χ0) is 26.1. The number of methoxy groups -OCH3 is 1. The van der Waals surface area contributed by atoms with Crippen LogP contribution in [0.5, 0.6) is 5.75 Å². The second-order valence-corrected chi connectivity index (χ2v) is 10.2. The van der Waals surface area contributed by atoms with E-state index in [1.54, 1.807) is 31.4 Å². The Hall–Kier alpha value is -3.02. The molecule has 0 spiro atoms. The number of carbonyl (C=O) groups is 3. The van der Waals surface area contributed by atoms with Gasteiger partial charge in [0.05, 0.1) is 43.8 Å². The molecule has 7 atom stereocenters. The van der Waals surface area contributed by atoms with Crippen molar-refractivity contribution in [2.75, 3.05) is 20.3 Å². The topological polar surface area (TPSA) is 147 Å². The molecular weight excluding hydrogens is 482 g/mol. The van der Waals surface area contributed by atoms with Crippen LogP contribution in [-0.2, 0) is 25.7 Å². The molecule has 11 heteroatoms. The fourth-order valence-corrected chi connectivity index (χ4v) is 6.26. The van der Waals surface area contributed by atoms with E-state index in [0.29, 0.717) is 30.9 Å². The Bertz CT molecular complexity index is 1050. The number of aliphatic hydroxyl groups is 2. The Morgan fingerprint density at radius 2 is 1.89 bits per heavy atom. The highest BCUT2D eigenvalue weighted by Gasteiger charge is 2.59. The number of fused-ring (bicyclic) bond motifs is 3. The fraction of sp³-hybridized carbons (Fsp3) is 0.615. The van der Waals surface area contributed by atoms with Gasteiger partial charge in [-0.3, -0.25) is 14.5 Å². The van der Waals surface area contributed by atoms with Gasteiger partial charge in [0.15, 0.2) is 0 Å². The highest BCUT2D eigenvalue weighted by Crippen LogP contribution is 2.49. The lowest BCUT2D eigenvalue weighted by molar-refractivity contribution is -0.143. The van der Waals surface area contributed by atoms with Crippen LogP contribution in [-0.4, -0.2) is 77.3 Å². The molecule has 11 nitrogen and oxygen atoms in total. The predicted molar refractivity (Wildman–Crippen MR) is 129 cm³/mol. The summed E-state index contributed by atoms with van der Waals surface area (Å²) >= 11 is 0. The van der Waals surface area contributed by atoms with Crippen molar-refractivity contribution in [2.45, 2.75) is 57.0 Å². The molecule has 1 aromatic rings. The van der Waals surface area contributed by atoms with Gasteiger partial charge in [-0.25, -0.2) is 10.2 Å². The van der Waals surface area contributed by atoms with Crippen LogP contribution < -0.4 is 10.2 Å². The molecule has 0 unspecified atom stereocenters. The van der Waals surface area contributed by atoms with E-state index in [2.05, 4.69) is 10.5 Å². The van der Waals surface area contributed by atoms with E-state index in [0.717, 1.165) is 18.4 Å². The predicted octanol–water partition coefficient (Wildman–Crippen LogP) is 1.21. The molecule has 2 saturated heterocycles. The molecule has 2 saturated carbocycles. The van der Waals surface area contributed by atoms with Crippen LogP contribution >= 0.6 is 0 Å². The SMILES string of the molecule is COc1ccc(COC(=O)NN=C2C[C@@H](O)[C@@H](O)[C@@H]3[C@@H]4C(=O)N(C[C@@H]5CCCO5)C(=O)[C@@H]4CC[C@H]23)cc1. The van der Waals surface area contributed by atoms with E-state index in [9.17, 15) is 24.6 Å². The third-order valence-corrected chi connectivity index (χ3v) is 8.10. The largest absolute Gasteiger partial charge is 0.497 e. The first-order valence-corrected chi connectivity index (χ1v) is 12.8. The molecule has 0 radical (unpaired) electrons. The van der Waals surface area contributed by atoms with Gasteiger partial charge in [-0.15, -0.1) is 0 Å². The summed E-state index contributed by atoms with van der Waals surface area (Å²) < 4.78 is 16.0. The second kappa shape index (κ2) is 10.8.